The average molecular weight is 395 g/mol. The number of rotatable bonds is 4. The molecule has 0 saturated heterocycles. The molecule has 0 aliphatic heterocycles. The van der Waals surface area contributed by atoms with Gasteiger partial charge in [-0.1, -0.05) is 52.2 Å². The minimum absolute atomic E-state index is 0.288. The number of carbonyl (C=O) groups is 1. The minimum Gasteiger partial charge on any atom is -0.383 e. The van der Waals surface area contributed by atoms with Gasteiger partial charge in [0.05, 0.1) is 26.9 Å². The first kappa shape index (κ1) is 18.1. The number of hydrogen-bond acceptors (Lipinski definition) is 3. The summed E-state index contributed by atoms with van der Waals surface area (Å²) in [4.78, 5) is 17.4. The SMILES string of the molecule is COCCn1c(=NC(=O)c2cccc(C)c2)sc2ccc(Cl)c(Cl)c21. The predicted molar refractivity (Wildman–Crippen MR) is 103 cm³/mol. The Kier molecular flexibility index (Phi) is 5.59. The molecule has 2 aromatic carbocycles. The molecule has 7 heteroatoms. The molecule has 0 atom stereocenters. The van der Waals surface area contributed by atoms with Gasteiger partial charge in [-0.2, -0.15) is 4.99 Å². The quantitative estimate of drug-likeness (QED) is 0.643. The van der Waals surface area contributed by atoms with E-state index in [4.69, 9.17) is 27.9 Å². The summed E-state index contributed by atoms with van der Waals surface area (Å²) in [5.41, 5.74) is 2.34. The van der Waals surface area contributed by atoms with Gasteiger partial charge in [0.1, 0.15) is 0 Å². The molecule has 1 amide bonds. The fourth-order valence-electron chi connectivity index (χ4n) is 2.51. The molecule has 3 rings (SSSR count). The summed E-state index contributed by atoms with van der Waals surface area (Å²) in [6.45, 7) is 2.94. The molecule has 0 spiro atoms. The van der Waals surface area contributed by atoms with Crippen molar-refractivity contribution >= 4 is 50.7 Å². The molecular weight excluding hydrogens is 379 g/mol. The van der Waals surface area contributed by atoms with Crippen LogP contribution in [0, 0.1) is 6.92 Å². The second kappa shape index (κ2) is 7.70. The van der Waals surface area contributed by atoms with Crippen LogP contribution < -0.4 is 4.80 Å². The van der Waals surface area contributed by atoms with E-state index in [2.05, 4.69) is 4.99 Å². The van der Waals surface area contributed by atoms with Crippen molar-refractivity contribution in [3.05, 3.63) is 62.4 Å². The highest BCUT2D eigenvalue weighted by Gasteiger charge is 2.14. The van der Waals surface area contributed by atoms with Crippen LogP contribution in [0.2, 0.25) is 10.0 Å². The molecule has 3 aromatic rings. The Bertz CT molecular complexity index is 1010. The number of amides is 1. The third-order valence-electron chi connectivity index (χ3n) is 3.72. The van der Waals surface area contributed by atoms with Gasteiger partial charge in [-0.25, -0.2) is 0 Å². The first-order valence-electron chi connectivity index (χ1n) is 7.63. The molecule has 1 heterocycles. The monoisotopic (exact) mass is 394 g/mol. The van der Waals surface area contributed by atoms with Crippen LogP contribution in [0.15, 0.2) is 41.4 Å². The lowest BCUT2D eigenvalue weighted by Crippen LogP contribution is -2.19. The van der Waals surface area contributed by atoms with Crippen LogP contribution in [0.1, 0.15) is 15.9 Å². The number of thiazole rings is 1. The molecule has 0 aliphatic carbocycles. The molecule has 4 nitrogen and oxygen atoms in total. The summed E-state index contributed by atoms with van der Waals surface area (Å²) >= 11 is 13.9. The topological polar surface area (TPSA) is 43.6 Å². The van der Waals surface area contributed by atoms with Crippen molar-refractivity contribution < 1.29 is 9.53 Å². The number of ether oxygens (including phenoxy) is 1. The maximum Gasteiger partial charge on any atom is 0.279 e. The largest absolute Gasteiger partial charge is 0.383 e. The van der Waals surface area contributed by atoms with Gasteiger partial charge in [0.15, 0.2) is 4.80 Å². The second-order valence-corrected chi connectivity index (χ2v) is 7.32. The molecule has 0 aliphatic rings. The lowest BCUT2D eigenvalue weighted by molar-refractivity contribution is 0.0997. The van der Waals surface area contributed by atoms with Crippen LogP contribution in [0.3, 0.4) is 0 Å². The van der Waals surface area contributed by atoms with Gasteiger partial charge in [-0.05, 0) is 31.2 Å². The van der Waals surface area contributed by atoms with Crippen molar-refractivity contribution in [3.63, 3.8) is 0 Å². The molecule has 130 valence electrons. The molecule has 0 N–H and O–H groups in total. The van der Waals surface area contributed by atoms with E-state index in [0.717, 1.165) is 15.8 Å². The summed E-state index contributed by atoms with van der Waals surface area (Å²) in [7, 11) is 1.62. The first-order chi connectivity index (χ1) is 12.0. The van der Waals surface area contributed by atoms with Gasteiger partial charge in [0.25, 0.3) is 5.91 Å². The van der Waals surface area contributed by atoms with E-state index in [1.165, 1.54) is 11.3 Å². The Balaban J connectivity index is 2.17. The molecule has 0 unspecified atom stereocenters. The zero-order valence-electron chi connectivity index (χ0n) is 13.8. The highest BCUT2D eigenvalue weighted by molar-refractivity contribution is 7.16. The Morgan fingerprint density at radius 3 is 2.80 bits per heavy atom. The molecule has 0 fully saturated rings. The zero-order valence-corrected chi connectivity index (χ0v) is 16.1. The van der Waals surface area contributed by atoms with Crippen molar-refractivity contribution in [2.75, 3.05) is 13.7 Å². The molecule has 0 bridgehead atoms. The van der Waals surface area contributed by atoms with Crippen molar-refractivity contribution in [2.24, 2.45) is 4.99 Å². The molecule has 25 heavy (non-hydrogen) atoms. The molecular formula is C18H16Cl2N2O2S. The predicted octanol–water partition coefficient (Wildman–Crippen LogP) is 4.71. The van der Waals surface area contributed by atoms with Gasteiger partial charge in [-0.15, -0.1) is 0 Å². The average Bonchev–Trinajstić information content (AvgIpc) is 2.94. The molecule has 0 radical (unpaired) electrons. The zero-order chi connectivity index (χ0) is 18.0. The third-order valence-corrected chi connectivity index (χ3v) is 5.55. The van der Waals surface area contributed by atoms with E-state index >= 15 is 0 Å². The van der Waals surface area contributed by atoms with Crippen molar-refractivity contribution in [3.8, 4) is 0 Å². The van der Waals surface area contributed by atoms with E-state index < -0.39 is 0 Å². The lowest BCUT2D eigenvalue weighted by atomic mass is 10.1. The number of fused-ring (bicyclic) bond motifs is 1. The summed E-state index contributed by atoms with van der Waals surface area (Å²) in [5, 5.41) is 0.922. The number of halogens is 2. The summed E-state index contributed by atoms with van der Waals surface area (Å²) in [6.07, 6.45) is 0. The number of nitrogens with zero attached hydrogens (tertiary/aromatic N) is 2. The van der Waals surface area contributed by atoms with E-state index in [1.807, 2.05) is 35.8 Å². The number of methoxy groups -OCH3 is 1. The van der Waals surface area contributed by atoms with Gasteiger partial charge in [-0.3, -0.25) is 4.79 Å². The fourth-order valence-corrected chi connectivity index (χ4v) is 4.05. The van der Waals surface area contributed by atoms with Crippen molar-refractivity contribution in [2.45, 2.75) is 13.5 Å². The summed E-state index contributed by atoms with van der Waals surface area (Å²) in [5.74, 6) is -0.288. The summed E-state index contributed by atoms with van der Waals surface area (Å²) in [6, 6.07) is 11.0. The van der Waals surface area contributed by atoms with Crippen LogP contribution >= 0.6 is 34.5 Å². The van der Waals surface area contributed by atoms with Crippen LogP contribution in [0.25, 0.3) is 10.2 Å². The van der Waals surface area contributed by atoms with E-state index in [1.54, 1.807) is 19.2 Å². The highest BCUT2D eigenvalue weighted by Crippen LogP contribution is 2.32. The Labute approximate surface area is 159 Å². The minimum atomic E-state index is -0.288. The van der Waals surface area contributed by atoms with Crippen LogP contribution in [0.4, 0.5) is 0 Å². The number of benzene rings is 2. The van der Waals surface area contributed by atoms with Gasteiger partial charge in [0.2, 0.25) is 0 Å². The van der Waals surface area contributed by atoms with E-state index in [9.17, 15) is 4.79 Å². The standard InChI is InChI=1S/C18H16Cl2N2O2S/c1-11-4-3-5-12(10-11)17(23)21-18-22(8-9-24-2)16-14(25-18)7-6-13(19)15(16)20/h3-7,10H,8-9H2,1-2H3. The van der Waals surface area contributed by atoms with Gasteiger partial charge >= 0.3 is 0 Å². The van der Waals surface area contributed by atoms with Crippen molar-refractivity contribution in [1.82, 2.24) is 4.57 Å². The number of carbonyl (C=O) groups excluding carboxylic acids is 1. The van der Waals surface area contributed by atoms with Gasteiger partial charge in [0, 0.05) is 19.2 Å². The number of aromatic nitrogens is 1. The van der Waals surface area contributed by atoms with Crippen molar-refractivity contribution in [1.29, 1.82) is 0 Å². The number of aryl methyl sites for hydroxylation is 1. The Hall–Kier alpha value is -1.66. The maximum atomic E-state index is 12.6. The van der Waals surface area contributed by atoms with E-state index in [-0.39, 0.29) is 5.91 Å². The van der Waals surface area contributed by atoms with Crippen LogP contribution in [0.5, 0.6) is 0 Å². The van der Waals surface area contributed by atoms with E-state index in [0.29, 0.717) is 33.6 Å². The second-order valence-electron chi connectivity index (χ2n) is 5.52. The van der Waals surface area contributed by atoms with Crippen LogP contribution in [-0.4, -0.2) is 24.2 Å². The van der Waals surface area contributed by atoms with Gasteiger partial charge < -0.3 is 9.30 Å². The first-order valence-corrected chi connectivity index (χ1v) is 9.20. The molecule has 1 aromatic heterocycles. The number of hydrogen-bond donors (Lipinski definition) is 0. The fraction of sp³-hybridized carbons (Fsp3) is 0.222. The smallest absolute Gasteiger partial charge is 0.279 e. The third kappa shape index (κ3) is 3.80. The Morgan fingerprint density at radius 2 is 2.08 bits per heavy atom. The highest BCUT2D eigenvalue weighted by atomic mass is 35.5. The normalized spacial score (nSPS) is 12.1. The lowest BCUT2D eigenvalue weighted by Gasteiger charge is -2.06. The van der Waals surface area contributed by atoms with Crippen LogP contribution in [-0.2, 0) is 11.3 Å². The maximum absolute atomic E-state index is 12.6. The Morgan fingerprint density at radius 1 is 1.28 bits per heavy atom. The summed E-state index contributed by atoms with van der Waals surface area (Å²) < 4.78 is 7.97. The molecule has 0 saturated carbocycles.